The smallest absolute Gasteiger partial charge is 0.276 e. The van der Waals surface area contributed by atoms with Gasteiger partial charge < -0.3 is 10.3 Å². The van der Waals surface area contributed by atoms with Crippen molar-refractivity contribution in [1.82, 2.24) is 4.98 Å². The van der Waals surface area contributed by atoms with E-state index in [-0.39, 0.29) is 5.91 Å². The number of para-hydroxylation sites is 1. The van der Waals surface area contributed by atoms with Gasteiger partial charge in [0.15, 0.2) is 5.71 Å². The van der Waals surface area contributed by atoms with Crippen molar-refractivity contribution in [3.05, 3.63) is 64.3 Å². The van der Waals surface area contributed by atoms with Gasteiger partial charge in [-0.1, -0.05) is 34.1 Å². The third kappa shape index (κ3) is 2.47. The number of halogens is 1. The van der Waals surface area contributed by atoms with Crippen LogP contribution in [0.1, 0.15) is 11.1 Å². The van der Waals surface area contributed by atoms with Crippen LogP contribution in [0.15, 0.2) is 63.3 Å². The number of rotatable bonds is 2. The maximum atomic E-state index is 12.0. The fraction of sp³-hybridized carbons (Fsp3) is 0. The summed E-state index contributed by atoms with van der Waals surface area (Å²) < 4.78 is 0.890. The highest BCUT2D eigenvalue weighted by atomic mass is 79.9. The Morgan fingerprint density at radius 3 is 2.91 bits per heavy atom. The summed E-state index contributed by atoms with van der Waals surface area (Å²) in [4.78, 5) is 15.2. The Bertz CT molecular complexity index is 987. The summed E-state index contributed by atoms with van der Waals surface area (Å²) in [6.07, 6.45) is 3.52. The Hall–Kier alpha value is -2.73. The number of hydrogen-bond donors (Lipinski definition) is 2. The van der Waals surface area contributed by atoms with Gasteiger partial charge in [-0.3, -0.25) is 4.79 Å². The molecule has 5 nitrogen and oxygen atoms in total. The topological polar surface area (TPSA) is 69.6 Å². The van der Waals surface area contributed by atoms with Crippen LogP contribution in [0, 0.1) is 0 Å². The molecule has 0 aliphatic carbocycles. The quantitative estimate of drug-likeness (QED) is 0.526. The molecule has 6 heteroatoms. The molecule has 2 N–H and O–H groups in total. The van der Waals surface area contributed by atoms with E-state index in [9.17, 15) is 4.79 Å². The van der Waals surface area contributed by atoms with E-state index in [1.807, 2.05) is 48.7 Å². The lowest BCUT2D eigenvalue weighted by molar-refractivity contribution is -0.110. The lowest BCUT2D eigenvalue weighted by atomic mass is 10.1. The molecule has 0 unspecified atom stereocenters. The number of aromatic amines is 1. The summed E-state index contributed by atoms with van der Waals surface area (Å²) >= 11 is 3.40. The molecule has 112 valence electrons. The molecule has 0 atom stereocenters. The highest BCUT2D eigenvalue weighted by Crippen LogP contribution is 2.27. The van der Waals surface area contributed by atoms with E-state index in [0.717, 1.165) is 32.2 Å². The molecule has 0 saturated heterocycles. The molecular weight excluding hydrogens is 356 g/mol. The number of carbonyl (C=O) groups is 1. The molecule has 0 radical (unpaired) electrons. The largest absolute Gasteiger partial charge is 0.361 e. The van der Waals surface area contributed by atoms with Gasteiger partial charge >= 0.3 is 0 Å². The van der Waals surface area contributed by atoms with Crippen LogP contribution in [0.2, 0.25) is 0 Å². The average Bonchev–Trinajstić information content (AvgIpc) is 3.09. The van der Waals surface area contributed by atoms with Gasteiger partial charge in [0.2, 0.25) is 0 Å². The van der Waals surface area contributed by atoms with Crippen LogP contribution in [-0.2, 0) is 4.79 Å². The predicted octanol–water partition coefficient (Wildman–Crippen LogP) is 3.71. The second-order valence-electron chi connectivity index (χ2n) is 5.13. The first kappa shape index (κ1) is 13.9. The van der Waals surface area contributed by atoms with Crippen LogP contribution >= 0.6 is 15.9 Å². The number of H-pyrrole nitrogens is 1. The molecule has 1 aromatic heterocycles. The number of benzene rings is 2. The number of aromatic nitrogens is 1. The summed E-state index contributed by atoms with van der Waals surface area (Å²) in [5, 5.41) is 12.0. The van der Waals surface area contributed by atoms with Gasteiger partial charge in [-0.05, 0) is 24.3 Å². The van der Waals surface area contributed by atoms with E-state index in [1.165, 1.54) is 0 Å². The van der Waals surface area contributed by atoms with E-state index < -0.39 is 0 Å². The Morgan fingerprint density at radius 1 is 1.13 bits per heavy atom. The van der Waals surface area contributed by atoms with Gasteiger partial charge in [0.25, 0.3) is 5.91 Å². The van der Waals surface area contributed by atoms with Crippen molar-refractivity contribution in [3.63, 3.8) is 0 Å². The average molecular weight is 367 g/mol. The van der Waals surface area contributed by atoms with E-state index in [1.54, 1.807) is 6.21 Å². The van der Waals surface area contributed by atoms with Gasteiger partial charge in [0.05, 0.1) is 11.9 Å². The molecule has 4 rings (SSSR count). The number of hydrogen-bond acceptors (Lipinski definition) is 3. The highest BCUT2D eigenvalue weighted by molar-refractivity contribution is 9.10. The molecule has 0 bridgehead atoms. The summed E-state index contributed by atoms with van der Waals surface area (Å²) in [6.45, 7) is 0. The summed E-state index contributed by atoms with van der Waals surface area (Å²) in [5.41, 5.74) is 3.78. The number of nitrogens with one attached hydrogen (secondary N) is 2. The normalized spacial score (nSPS) is 15.5. The van der Waals surface area contributed by atoms with Crippen molar-refractivity contribution in [1.29, 1.82) is 0 Å². The third-order valence-corrected chi connectivity index (χ3v) is 4.17. The maximum Gasteiger partial charge on any atom is 0.276 e. The SMILES string of the molecule is O=C1Nc2ccc(Br)cc2/C1=N\N=Cc1c[nH]c2ccccc12. The van der Waals surface area contributed by atoms with Crippen molar-refractivity contribution < 1.29 is 4.79 Å². The zero-order valence-electron chi connectivity index (χ0n) is 11.9. The monoisotopic (exact) mass is 366 g/mol. The van der Waals surface area contributed by atoms with Gasteiger partial charge in [0.1, 0.15) is 0 Å². The number of fused-ring (bicyclic) bond motifs is 2. The number of amides is 1. The highest BCUT2D eigenvalue weighted by Gasteiger charge is 2.26. The molecular formula is C17H11BrN4O. The molecule has 0 spiro atoms. The van der Waals surface area contributed by atoms with Crippen molar-refractivity contribution >= 4 is 50.4 Å². The zero-order chi connectivity index (χ0) is 15.8. The number of nitrogens with zero attached hydrogens (tertiary/aromatic N) is 2. The molecule has 3 aromatic rings. The second kappa shape index (κ2) is 5.48. The zero-order valence-corrected chi connectivity index (χ0v) is 13.5. The fourth-order valence-electron chi connectivity index (χ4n) is 2.57. The first-order valence-electron chi connectivity index (χ1n) is 7.01. The lowest BCUT2D eigenvalue weighted by Crippen LogP contribution is -2.13. The molecule has 0 fully saturated rings. The van der Waals surface area contributed by atoms with Gasteiger partial charge in [-0.15, -0.1) is 5.10 Å². The fourth-order valence-corrected chi connectivity index (χ4v) is 2.94. The summed E-state index contributed by atoms with van der Waals surface area (Å²) in [7, 11) is 0. The second-order valence-corrected chi connectivity index (χ2v) is 6.04. The van der Waals surface area contributed by atoms with Crippen LogP contribution in [0.25, 0.3) is 10.9 Å². The summed E-state index contributed by atoms with van der Waals surface area (Å²) in [6, 6.07) is 13.5. The molecule has 2 heterocycles. The van der Waals surface area contributed by atoms with Crippen LogP contribution in [0.4, 0.5) is 5.69 Å². The summed E-state index contributed by atoms with van der Waals surface area (Å²) in [5.74, 6) is -0.242. The third-order valence-electron chi connectivity index (χ3n) is 3.68. The molecule has 2 aromatic carbocycles. The van der Waals surface area contributed by atoms with E-state index >= 15 is 0 Å². The Labute approximate surface area is 140 Å². The van der Waals surface area contributed by atoms with Crippen molar-refractivity contribution in [2.45, 2.75) is 0 Å². The first-order valence-corrected chi connectivity index (χ1v) is 7.80. The lowest BCUT2D eigenvalue weighted by Gasteiger charge is -1.96. The van der Waals surface area contributed by atoms with Crippen molar-refractivity contribution in [3.8, 4) is 0 Å². The predicted molar refractivity (Wildman–Crippen MR) is 95.2 cm³/mol. The van der Waals surface area contributed by atoms with Crippen molar-refractivity contribution in [2.75, 3.05) is 5.32 Å². The van der Waals surface area contributed by atoms with Crippen LogP contribution < -0.4 is 5.32 Å². The van der Waals surface area contributed by atoms with Crippen LogP contribution in [0.3, 0.4) is 0 Å². The Morgan fingerprint density at radius 2 is 2.00 bits per heavy atom. The molecule has 23 heavy (non-hydrogen) atoms. The van der Waals surface area contributed by atoms with Crippen LogP contribution in [0.5, 0.6) is 0 Å². The molecule has 1 amide bonds. The van der Waals surface area contributed by atoms with E-state index in [4.69, 9.17) is 0 Å². The molecule has 1 aliphatic heterocycles. The Balaban J connectivity index is 1.69. The minimum Gasteiger partial charge on any atom is -0.361 e. The molecule has 0 saturated carbocycles. The minimum absolute atomic E-state index is 0.242. The number of anilines is 1. The minimum atomic E-state index is -0.242. The van der Waals surface area contributed by atoms with Gasteiger partial charge in [0, 0.05) is 32.7 Å². The van der Waals surface area contributed by atoms with E-state index in [0.29, 0.717) is 5.71 Å². The maximum absolute atomic E-state index is 12.0. The van der Waals surface area contributed by atoms with Crippen LogP contribution in [-0.4, -0.2) is 22.8 Å². The van der Waals surface area contributed by atoms with Gasteiger partial charge in [-0.2, -0.15) is 5.10 Å². The molecule has 1 aliphatic rings. The standard InChI is InChI=1S/C17H11BrN4O/c18-11-5-6-15-13(7-11)16(17(23)21-15)22-20-9-10-8-19-14-4-2-1-3-12(10)14/h1-9,19H,(H,21,22,23). The van der Waals surface area contributed by atoms with Gasteiger partial charge in [-0.25, -0.2) is 0 Å². The van der Waals surface area contributed by atoms with Crippen molar-refractivity contribution in [2.24, 2.45) is 10.2 Å². The Kier molecular flexibility index (Phi) is 3.31. The number of carbonyl (C=O) groups excluding carboxylic acids is 1. The van der Waals surface area contributed by atoms with E-state index in [2.05, 4.69) is 36.4 Å². The first-order chi connectivity index (χ1) is 11.2.